The van der Waals surface area contributed by atoms with E-state index in [-0.39, 0.29) is 17.2 Å². The molecule has 0 aromatic heterocycles. The van der Waals surface area contributed by atoms with Crippen molar-refractivity contribution in [2.45, 2.75) is 18.2 Å². The molecule has 0 aliphatic heterocycles. The molecule has 0 fully saturated rings. The summed E-state index contributed by atoms with van der Waals surface area (Å²) in [6.07, 6.45) is 0.516. The Kier molecular flexibility index (Phi) is 6.66. The van der Waals surface area contributed by atoms with Crippen LogP contribution in [0.15, 0.2) is 47.4 Å². The molecule has 0 saturated heterocycles. The van der Waals surface area contributed by atoms with Crippen molar-refractivity contribution in [1.82, 2.24) is 4.72 Å². The lowest BCUT2D eigenvalue weighted by atomic mass is 10.1. The average Bonchev–Trinajstić information content (AvgIpc) is 2.62. The molecule has 0 saturated carbocycles. The van der Waals surface area contributed by atoms with Gasteiger partial charge in [0.05, 0.1) is 20.8 Å². The number of benzene rings is 2. The molecular formula is C18H23NO5S. The Bertz CT molecular complexity index is 805. The molecule has 25 heavy (non-hydrogen) atoms. The van der Waals surface area contributed by atoms with E-state index in [1.807, 2.05) is 31.2 Å². The van der Waals surface area contributed by atoms with Gasteiger partial charge in [0.2, 0.25) is 10.0 Å². The van der Waals surface area contributed by atoms with Gasteiger partial charge in [0, 0.05) is 12.6 Å². The zero-order valence-electron chi connectivity index (χ0n) is 14.6. The standard InChI is InChI=1S/C18H23NO5S/c1-4-24-16-8-6-5-7-14(16)11-12-19-25(20,21)18-13-15(22-2)9-10-17(18)23-3/h5-10,13,19H,4,11-12H2,1-3H3. The Hall–Kier alpha value is -2.25. The zero-order valence-corrected chi connectivity index (χ0v) is 15.4. The molecule has 2 aromatic carbocycles. The van der Waals surface area contributed by atoms with E-state index in [1.165, 1.54) is 20.3 Å². The van der Waals surface area contributed by atoms with Gasteiger partial charge in [-0.3, -0.25) is 0 Å². The highest BCUT2D eigenvalue weighted by atomic mass is 32.2. The smallest absolute Gasteiger partial charge is 0.244 e. The van der Waals surface area contributed by atoms with E-state index in [2.05, 4.69) is 4.72 Å². The molecule has 0 heterocycles. The normalized spacial score (nSPS) is 11.2. The van der Waals surface area contributed by atoms with E-state index >= 15 is 0 Å². The van der Waals surface area contributed by atoms with E-state index in [0.29, 0.717) is 18.8 Å². The third-order valence-electron chi connectivity index (χ3n) is 3.62. The number of sulfonamides is 1. The lowest BCUT2D eigenvalue weighted by Gasteiger charge is -2.13. The van der Waals surface area contributed by atoms with Crippen LogP contribution >= 0.6 is 0 Å². The van der Waals surface area contributed by atoms with Crippen molar-refractivity contribution in [1.29, 1.82) is 0 Å². The molecule has 2 rings (SSSR count). The van der Waals surface area contributed by atoms with Crippen LogP contribution in [0, 0.1) is 0 Å². The number of hydrogen-bond acceptors (Lipinski definition) is 5. The van der Waals surface area contributed by atoms with Gasteiger partial charge < -0.3 is 14.2 Å². The van der Waals surface area contributed by atoms with Crippen LogP contribution in [0.5, 0.6) is 17.2 Å². The first-order valence-electron chi connectivity index (χ1n) is 7.94. The molecule has 0 spiro atoms. The van der Waals surface area contributed by atoms with Crippen LogP contribution in [0.3, 0.4) is 0 Å². The predicted octanol–water partition coefficient (Wildman–Crippen LogP) is 2.62. The molecule has 6 nitrogen and oxygen atoms in total. The summed E-state index contributed by atoms with van der Waals surface area (Å²) in [6.45, 7) is 2.71. The summed E-state index contributed by atoms with van der Waals surface area (Å²) in [5.74, 6) is 1.48. The zero-order chi connectivity index (χ0) is 18.3. The fraction of sp³-hybridized carbons (Fsp3) is 0.333. The van der Waals surface area contributed by atoms with Crippen LogP contribution in [0.2, 0.25) is 0 Å². The van der Waals surface area contributed by atoms with Crippen molar-refractivity contribution in [2.75, 3.05) is 27.4 Å². The van der Waals surface area contributed by atoms with E-state index in [4.69, 9.17) is 14.2 Å². The molecule has 0 atom stereocenters. The van der Waals surface area contributed by atoms with Gasteiger partial charge in [-0.05, 0) is 37.1 Å². The molecule has 0 amide bonds. The van der Waals surface area contributed by atoms with Crippen molar-refractivity contribution in [2.24, 2.45) is 0 Å². The largest absolute Gasteiger partial charge is 0.497 e. The van der Waals surface area contributed by atoms with Gasteiger partial charge in [-0.25, -0.2) is 13.1 Å². The molecule has 2 aromatic rings. The molecule has 0 radical (unpaired) electrons. The summed E-state index contributed by atoms with van der Waals surface area (Å²) in [7, 11) is -0.815. The first-order valence-corrected chi connectivity index (χ1v) is 9.42. The summed E-state index contributed by atoms with van der Waals surface area (Å²) in [4.78, 5) is 0.0486. The molecular weight excluding hydrogens is 342 g/mol. The minimum absolute atomic E-state index is 0.0486. The highest BCUT2D eigenvalue weighted by molar-refractivity contribution is 7.89. The average molecular weight is 365 g/mol. The van der Waals surface area contributed by atoms with Crippen LogP contribution in [0.1, 0.15) is 12.5 Å². The number of para-hydroxylation sites is 1. The minimum Gasteiger partial charge on any atom is -0.497 e. The molecule has 136 valence electrons. The van der Waals surface area contributed by atoms with Crippen LogP contribution < -0.4 is 18.9 Å². The van der Waals surface area contributed by atoms with Gasteiger partial charge in [0.15, 0.2) is 0 Å². The fourth-order valence-electron chi connectivity index (χ4n) is 2.40. The minimum atomic E-state index is -3.73. The second kappa shape index (κ2) is 8.73. The summed E-state index contributed by atoms with van der Waals surface area (Å²) < 4.78 is 43.6. The Morgan fingerprint density at radius 1 is 1.00 bits per heavy atom. The number of nitrogens with one attached hydrogen (secondary N) is 1. The van der Waals surface area contributed by atoms with Gasteiger partial charge in [0.1, 0.15) is 22.1 Å². The second-order valence-corrected chi connectivity index (χ2v) is 6.94. The Balaban J connectivity index is 2.13. The maximum Gasteiger partial charge on any atom is 0.244 e. The first kappa shape index (κ1) is 19.1. The topological polar surface area (TPSA) is 73.9 Å². The maximum absolute atomic E-state index is 12.6. The third kappa shape index (κ3) is 4.87. The van der Waals surface area contributed by atoms with Crippen molar-refractivity contribution >= 4 is 10.0 Å². The molecule has 0 aliphatic rings. The quantitative estimate of drug-likeness (QED) is 0.739. The van der Waals surface area contributed by atoms with Crippen molar-refractivity contribution < 1.29 is 22.6 Å². The van der Waals surface area contributed by atoms with Crippen molar-refractivity contribution in [3.8, 4) is 17.2 Å². The predicted molar refractivity (Wildman–Crippen MR) is 96.0 cm³/mol. The van der Waals surface area contributed by atoms with E-state index < -0.39 is 10.0 Å². The summed E-state index contributed by atoms with van der Waals surface area (Å²) in [6, 6.07) is 12.2. The van der Waals surface area contributed by atoms with Gasteiger partial charge in [-0.1, -0.05) is 18.2 Å². The van der Waals surface area contributed by atoms with Crippen molar-refractivity contribution in [3.05, 3.63) is 48.0 Å². The molecule has 1 N–H and O–H groups in total. The third-order valence-corrected chi connectivity index (χ3v) is 5.10. The number of methoxy groups -OCH3 is 2. The lowest BCUT2D eigenvalue weighted by molar-refractivity contribution is 0.336. The summed E-state index contributed by atoms with van der Waals surface area (Å²) in [5, 5.41) is 0. The van der Waals surface area contributed by atoms with E-state index in [9.17, 15) is 8.42 Å². The molecule has 0 bridgehead atoms. The highest BCUT2D eigenvalue weighted by Gasteiger charge is 2.20. The van der Waals surface area contributed by atoms with E-state index in [1.54, 1.807) is 12.1 Å². The first-order chi connectivity index (χ1) is 12.0. The molecule has 7 heteroatoms. The monoisotopic (exact) mass is 365 g/mol. The van der Waals surface area contributed by atoms with Gasteiger partial charge in [-0.2, -0.15) is 0 Å². The van der Waals surface area contributed by atoms with Crippen molar-refractivity contribution in [3.63, 3.8) is 0 Å². The maximum atomic E-state index is 12.6. The fourth-order valence-corrected chi connectivity index (χ4v) is 3.61. The van der Waals surface area contributed by atoms with Crippen LogP contribution in [0.4, 0.5) is 0 Å². The molecule has 0 unspecified atom stereocenters. The van der Waals surface area contributed by atoms with Gasteiger partial charge in [-0.15, -0.1) is 0 Å². The summed E-state index contributed by atoms with van der Waals surface area (Å²) in [5.41, 5.74) is 0.949. The molecule has 0 aliphatic carbocycles. The lowest BCUT2D eigenvalue weighted by Crippen LogP contribution is -2.26. The number of ether oxygens (including phenoxy) is 3. The van der Waals surface area contributed by atoms with Crippen LogP contribution in [-0.4, -0.2) is 35.8 Å². The van der Waals surface area contributed by atoms with Gasteiger partial charge >= 0.3 is 0 Å². The van der Waals surface area contributed by atoms with E-state index in [0.717, 1.165) is 11.3 Å². The van der Waals surface area contributed by atoms with Gasteiger partial charge in [0.25, 0.3) is 0 Å². The SMILES string of the molecule is CCOc1ccccc1CCNS(=O)(=O)c1cc(OC)ccc1OC. The number of hydrogen-bond donors (Lipinski definition) is 1. The van der Waals surface area contributed by atoms with Crippen LogP contribution in [0.25, 0.3) is 0 Å². The Morgan fingerprint density at radius 2 is 1.76 bits per heavy atom. The highest BCUT2D eigenvalue weighted by Crippen LogP contribution is 2.28. The second-order valence-electron chi connectivity index (χ2n) is 5.21. The Morgan fingerprint density at radius 3 is 2.44 bits per heavy atom. The number of rotatable bonds is 9. The van der Waals surface area contributed by atoms with Crippen LogP contribution in [-0.2, 0) is 16.4 Å². The summed E-state index contributed by atoms with van der Waals surface area (Å²) >= 11 is 0. The Labute approximate surface area is 148 Å².